The van der Waals surface area contributed by atoms with Crippen LogP contribution in [0.5, 0.6) is 0 Å². The van der Waals surface area contributed by atoms with Crippen LogP contribution in [0.2, 0.25) is 0 Å². The van der Waals surface area contributed by atoms with E-state index in [-0.39, 0.29) is 11.9 Å². The Morgan fingerprint density at radius 1 is 1.23 bits per heavy atom. The maximum Gasteiger partial charge on any atom is 0.335 e. The lowest BCUT2D eigenvalue weighted by molar-refractivity contribution is 0.0696. The summed E-state index contributed by atoms with van der Waals surface area (Å²) in [5.41, 5.74) is -0.0348. The van der Waals surface area contributed by atoms with Crippen LogP contribution in [0.1, 0.15) is 11.8 Å². The minimum Gasteiger partial charge on any atom is -0.478 e. The number of benzene rings is 1. The summed E-state index contributed by atoms with van der Waals surface area (Å²) in [6.45, 7) is 0. The first kappa shape index (κ1) is 9.69. The van der Waals surface area contributed by atoms with Gasteiger partial charge in [0.1, 0.15) is 0 Å². The number of carboxylic acids is 1. The number of carboxylic acid groups (broad SMARTS) is 1. The molecule has 5 nitrogen and oxygen atoms in total. The van der Waals surface area contributed by atoms with E-state index in [0.717, 1.165) is 24.3 Å². The van der Waals surface area contributed by atoms with E-state index in [1.165, 1.54) is 0 Å². The van der Waals surface area contributed by atoms with Gasteiger partial charge in [-0.2, -0.15) is 8.42 Å². The van der Waals surface area contributed by atoms with Crippen LogP contribution in [0.4, 0.5) is 0 Å². The van der Waals surface area contributed by atoms with Crippen LogP contribution in [0, 0.1) is 0 Å². The first-order chi connectivity index (χ1) is 5.91. The predicted molar refractivity (Wildman–Crippen MR) is 45.3 cm³/mol. The fourth-order valence-corrected chi connectivity index (χ4v) is 1.25. The molecule has 0 atom stereocenters. The Morgan fingerprint density at radius 2 is 1.69 bits per heavy atom. The highest BCUT2D eigenvalue weighted by atomic mass is 32.2. The van der Waals surface area contributed by atoms with E-state index in [1.54, 1.807) is 0 Å². The average Bonchev–Trinajstić information content (AvgIpc) is 2.03. The van der Waals surface area contributed by atoms with Gasteiger partial charge in [-0.05, 0) is 24.3 Å². The Hall–Kier alpha value is -1.40. The van der Waals surface area contributed by atoms with E-state index in [2.05, 4.69) is 0 Å². The Labute approximate surface area is 75.9 Å². The van der Waals surface area contributed by atoms with Gasteiger partial charge in [0.2, 0.25) is 0 Å². The van der Waals surface area contributed by atoms with Crippen LogP contribution in [0.25, 0.3) is 0 Å². The quantitative estimate of drug-likeness (QED) is 0.697. The molecule has 0 aromatic heterocycles. The third-order valence-electron chi connectivity index (χ3n) is 1.40. The molecular formula is C7H8O5S. The van der Waals surface area contributed by atoms with Gasteiger partial charge < -0.3 is 5.11 Å². The van der Waals surface area contributed by atoms with Crippen LogP contribution in [0.15, 0.2) is 29.2 Å². The van der Waals surface area contributed by atoms with Crippen molar-refractivity contribution >= 4 is 16.1 Å². The lowest BCUT2D eigenvalue weighted by Crippen LogP contribution is -2.00. The zero-order chi connectivity index (χ0) is 10.1. The molecule has 1 aromatic rings. The molecule has 0 saturated heterocycles. The average molecular weight is 204 g/mol. The molecule has 1 aromatic carbocycles. The molecule has 0 spiro atoms. The highest BCUT2D eigenvalue weighted by Crippen LogP contribution is 2.09. The van der Waals surface area contributed by atoms with Gasteiger partial charge in [0, 0.05) is 1.43 Å². The monoisotopic (exact) mass is 204 g/mol. The molecule has 2 N–H and O–H groups in total. The molecule has 0 unspecified atom stereocenters. The van der Waals surface area contributed by atoms with Crippen LogP contribution in [-0.2, 0) is 10.1 Å². The third-order valence-corrected chi connectivity index (χ3v) is 2.27. The minimum absolute atomic E-state index is 0. The molecule has 0 saturated carbocycles. The van der Waals surface area contributed by atoms with E-state index < -0.39 is 16.1 Å². The highest BCUT2D eigenvalue weighted by molar-refractivity contribution is 7.85. The number of hydrogen-bond acceptors (Lipinski definition) is 3. The fourth-order valence-electron chi connectivity index (χ4n) is 0.769. The van der Waals surface area contributed by atoms with E-state index in [4.69, 9.17) is 9.66 Å². The number of hydrogen-bond donors (Lipinski definition) is 2. The number of rotatable bonds is 2. The van der Waals surface area contributed by atoms with Crippen LogP contribution in [-0.4, -0.2) is 24.0 Å². The second-order valence-corrected chi connectivity index (χ2v) is 3.73. The molecule has 0 aliphatic rings. The molecule has 13 heavy (non-hydrogen) atoms. The molecule has 72 valence electrons. The van der Waals surface area contributed by atoms with E-state index in [9.17, 15) is 13.2 Å². The molecule has 0 aliphatic heterocycles. The lowest BCUT2D eigenvalue weighted by atomic mass is 10.2. The highest BCUT2D eigenvalue weighted by Gasteiger charge is 2.09. The molecule has 0 fully saturated rings. The largest absolute Gasteiger partial charge is 0.478 e. The first-order valence-corrected chi connectivity index (χ1v) is 4.66. The van der Waals surface area contributed by atoms with E-state index >= 15 is 0 Å². The summed E-state index contributed by atoms with van der Waals surface area (Å²) in [5, 5.41) is 8.47. The maximum absolute atomic E-state index is 10.5. The number of aromatic carboxylic acids is 1. The van der Waals surface area contributed by atoms with Gasteiger partial charge in [0.25, 0.3) is 10.1 Å². The Balaban J connectivity index is 0.00000169. The lowest BCUT2D eigenvalue weighted by Gasteiger charge is -1.96. The molecular weight excluding hydrogens is 196 g/mol. The van der Waals surface area contributed by atoms with Crippen molar-refractivity contribution in [2.24, 2.45) is 0 Å². The zero-order valence-electron chi connectivity index (χ0n) is 6.34. The summed E-state index contributed by atoms with van der Waals surface area (Å²) in [7, 11) is -4.24. The van der Waals surface area contributed by atoms with Crippen LogP contribution in [0.3, 0.4) is 0 Å². The molecule has 0 aliphatic carbocycles. The predicted octanol–water partition coefficient (Wildman–Crippen LogP) is 0.878. The van der Waals surface area contributed by atoms with Crippen molar-refractivity contribution in [2.45, 2.75) is 4.90 Å². The van der Waals surface area contributed by atoms with Gasteiger partial charge in [0.05, 0.1) is 10.5 Å². The Morgan fingerprint density at radius 3 is 2.00 bits per heavy atom. The molecule has 0 bridgehead atoms. The van der Waals surface area contributed by atoms with Gasteiger partial charge in [-0.3, -0.25) is 4.55 Å². The van der Waals surface area contributed by atoms with Gasteiger partial charge in [0.15, 0.2) is 0 Å². The molecule has 0 amide bonds. The summed E-state index contributed by atoms with van der Waals surface area (Å²) < 4.78 is 29.6. The molecule has 1 rings (SSSR count). The van der Waals surface area contributed by atoms with Crippen molar-refractivity contribution in [3.63, 3.8) is 0 Å². The molecule has 0 radical (unpaired) electrons. The van der Waals surface area contributed by atoms with E-state index in [1.807, 2.05) is 0 Å². The Kier molecular flexibility index (Phi) is 2.35. The van der Waals surface area contributed by atoms with Gasteiger partial charge in [-0.1, -0.05) is 0 Å². The van der Waals surface area contributed by atoms with Crippen molar-refractivity contribution in [1.29, 1.82) is 0 Å². The maximum atomic E-state index is 10.5. The fraction of sp³-hybridized carbons (Fsp3) is 0. The topological polar surface area (TPSA) is 91.7 Å². The molecule has 0 heterocycles. The van der Waals surface area contributed by atoms with Crippen molar-refractivity contribution in [3.05, 3.63) is 29.8 Å². The first-order valence-electron chi connectivity index (χ1n) is 3.22. The summed E-state index contributed by atoms with van der Waals surface area (Å²) >= 11 is 0. The van der Waals surface area contributed by atoms with Crippen molar-refractivity contribution in [2.75, 3.05) is 0 Å². The summed E-state index contributed by atoms with van der Waals surface area (Å²) in [5.74, 6) is -1.15. The second kappa shape index (κ2) is 3.15. The number of carbonyl (C=O) groups is 1. The van der Waals surface area contributed by atoms with E-state index in [0.29, 0.717) is 0 Å². The normalized spacial score (nSPS) is 11.2. The van der Waals surface area contributed by atoms with Gasteiger partial charge >= 0.3 is 5.97 Å². The standard InChI is InChI=1S/C7H6O5S.H2/c8-7(9)5-1-3-6(4-2-5)13(10,11)12;/h1-4H,(H,8,9)(H,10,11,12);1H. The summed E-state index contributed by atoms with van der Waals surface area (Å²) in [6, 6.07) is 4.26. The summed E-state index contributed by atoms with van der Waals surface area (Å²) in [6.07, 6.45) is 0. The Bertz CT molecular complexity index is 422. The summed E-state index contributed by atoms with van der Waals surface area (Å²) in [4.78, 5) is 10.0. The minimum atomic E-state index is -4.24. The van der Waals surface area contributed by atoms with Gasteiger partial charge in [-0.15, -0.1) is 0 Å². The third kappa shape index (κ3) is 2.27. The van der Waals surface area contributed by atoms with Crippen molar-refractivity contribution in [1.82, 2.24) is 0 Å². The molecule has 6 heteroatoms. The smallest absolute Gasteiger partial charge is 0.335 e. The zero-order valence-corrected chi connectivity index (χ0v) is 7.15. The SMILES string of the molecule is O=C(O)c1ccc(S(=O)(=O)O)cc1.[HH]. The van der Waals surface area contributed by atoms with Crippen molar-refractivity contribution < 1.29 is 24.3 Å². The van der Waals surface area contributed by atoms with Crippen LogP contribution >= 0.6 is 0 Å². The van der Waals surface area contributed by atoms with Crippen molar-refractivity contribution in [3.8, 4) is 0 Å². The van der Waals surface area contributed by atoms with Gasteiger partial charge in [-0.25, -0.2) is 4.79 Å². The van der Waals surface area contributed by atoms with Crippen LogP contribution < -0.4 is 0 Å². The second-order valence-electron chi connectivity index (χ2n) is 2.30.